The molecule has 0 spiro atoms. The van der Waals surface area contributed by atoms with Crippen molar-refractivity contribution in [2.24, 2.45) is 0 Å². The molecule has 0 unspecified atom stereocenters. The Kier molecular flexibility index (Phi) is 56.5. The Bertz CT molecular complexity index is 547. The van der Waals surface area contributed by atoms with E-state index in [2.05, 4.69) is 27.7 Å². The SMILES string of the molecule is CCCCCCCCCCCC(=O)[O-].CCCCCCCCCCCC(=O)[O-].CCCCCCCCC[CH2][Sn+2][CH2]CCCCCCCCC. The predicted molar refractivity (Wildman–Crippen MR) is 214 cm³/mol. The van der Waals surface area contributed by atoms with Gasteiger partial charge in [0.1, 0.15) is 0 Å². The molecule has 0 N–H and O–H groups in total. The number of carbonyl (C=O) groups excluding carboxylic acids is 2. The molecule has 0 aliphatic rings. The molecule has 0 fully saturated rings. The van der Waals surface area contributed by atoms with Gasteiger partial charge in [0.15, 0.2) is 0 Å². The van der Waals surface area contributed by atoms with Crippen LogP contribution in [0, 0.1) is 0 Å². The van der Waals surface area contributed by atoms with Crippen LogP contribution < -0.4 is 10.2 Å². The molecule has 292 valence electrons. The van der Waals surface area contributed by atoms with Crippen LogP contribution in [0.2, 0.25) is 8.87 Å². The zero-order valence-electron chi connectivity index (χ0n) is 34.0. The third-order valence-electron chi connectivity index (χ3n) is 9.38. The summed E-state index contributed by atoms with van der Waals surface area (Å²) in [7, 11) is 0. The second-order valence-corrected chi connectivity index (χ2v) is 18.9. The summed E-state index contributed by atoms with van der Waals surface area (Å²) in [4.78, 5) is 20.2. The summed E-state index contributed by atoms with van der Waals surface area (Å²) in [6.45, 7) is 9.05. The van der Waals surface area contributed by atoms with Crippen molar-refractivity contribution in [3.8, 4) is 0 Å². The fourth-order valence-electron chi connectivity index (χ4n) is 6.05. The van der Waals surface area contributed by atoms with E-state index in [-0.39, 0.29) is 34.0 Å². The minimum atomic E-state index is -0.909. The molecule has 0 radical (unpaired) electrons. The van der Waals surface area contributed by atoms with Crippen LogP contribution in [0.5, 0.6) is 0 Å². The molecule has 0 rings (SSSR count). The van der Waals surface area contributed by atoms with Gasteiger partial charge < -0.3 is 19.8 Å². The van der Waals surface area contributed by atoms with Crippen molar-refractivity contribution in [1.82, 2.24) is 0 Å². The van der Waals surface area contributed by atoms with Crippen LogP contribution in [-0.4, -0.2) is 33.1 Å². The Morgan fingerprint density at radius 3 is 0.694 bits per heavy atom. The van der Waals surface area contributed by atoms with E-state index >= 15 is 0 Å². The molecule has 0 saturated carbocycles. The van der Waals surface area contributed by atoms with Crippen LogP contribution >= 0.6 is 0 Å². The summed E-state index contributed by atoms with van der Waals surface area (Å²) in [6, 6.07) is 0. The number of carbonyl (C=O) groups is 2. The van der Waals surface area contributed by atoms with Gasteiger partial charge in [-0.3, -0.25) is 0 Å². The zero-order valence-corrected chi connectivity index (χ0v) is 36.9. The molecule has 5 heteroatoms. The molecule has 0 saturated heterocycles. The second-order valence-electron chi connectivity index (χ2n) is 14.6. The quantitative estimate of drug-likeness (QED) is 0.0460. The van der Waals surface area contributed by atoms with Crippen LogP contribution in [0.3, 0.4) is 0 Å². The molecule has 4 nitrogen and oxygen atoms in total. The van der Waals surface area contributed by atoms with Gasteiger partial charge >= 0.3 is 147 Å². The zero-order chi connectivity index (χ0) is 36.7. The second kappa shape index (κ2) is 52.1. The van der Waals surface area contributed by atoms with E-state index < -0.39 is 11.9 Å². The standard InChI is InChI=1S/2C12H24O2.2C10H21.Sn/c2*1-2-3-4-5-6-7-8-9-10-11-12(13)14;2*1-3-5-7-9-10-8-6-4-2;/h2*2-11H2,1H3,(H,13,14);2*1,3-10H2,2H3;/q;;;;+2/p-2. The third-order valence-corrected chi connectivity index (χ3v) is 13.4. The van der Waals surface area contributed by atoms with Gasteiger partial charge in [-0.2, -0.15) is 0 Å². The molecular weight excluding hydrogens is 711 g/mol. The number of unbranched alkanes of at least 4 members (excludes halogenated alkanes) is 30. The number of hydrogen-bond acceptors (Lipinski definition) is 4. The summed E-state index contributed by atoms with van der Waals surface area (Å²) >= 11 is 0.0528. The molecule has 0 aromatic carbocycles. The molecule has 0 aromatic rings. The van der Waals surface area contributed by atoms with Gasteiger partial charge in [0, 0.05) is 11.9 Å². The Morgan fingerprint density at radius 1 is 0.306 bits per heavy atom. The normalized spacial score (nSPS) is 10.5. The van der Waals surface area contributed by atoms with E-state index in [4.69, 9.17) is 0 Å². The molecule has 0 bridgehead atoms. The van der Waals surface area contributed by atoms with Crippen molar-refractivity contribution in [3.63, 3.8) is 0 Å². The summed E-state index contributed by atoms with van der Waals surface area (Å²) < 4.78 is 3.32. The minimum absolute atomic E-state index is 0.0528. The molecule has 0 aromatic heterocycles. The van der Waals surface area contributed by atoms with Crippen molar-refractivity contribution in [2.75, 3.05) is 0 Å². The molecule has 0 aliphatic heterocycles. The monoisotopic (exact) mass is 801 g/mol. The first kappa shape index (κ1) is 53.1. The van der Waals surface area contributed by atoms with Gasteiger partial charge in [0.05, 0.1) is 0 Å². The van der Waals surface area contributed by atoms with Crippen molar-refractivity contribution in [3.05, 3.63) is 0 Å². The van der Waals surface area contributed by atoms with E-state index in [9.17, 15) is 19.8 Å². The summed E-state index contributed by atoms with van der Waals surface area (Å²) in [5.74, 6) is -1.82. The summed E-state index contributed by atoms with van der Waals surface area (Å²) in [6.07, 6.45) is 46.2. The molecule has 49 heavy (non-hydrogen) atoms. The van der Waals surface area contributed by atoms with E-state index in [1.54, 1.807) is 21.7 Å². The van der Waals surface area contributed by atoms with Gasteiger partial charge in [-0.15, -0.1) is 0 Å². The fourth-order valence-corrected chi connectivity index (χ4v) is 9.62. The Hall–Kier alpha value is -0.261. The van der Waals surface area contributed by atoms with Crippen LogP contribution in [0.4, 0.5) is 0 Å². The molecule has 0 amide bonds. The Balaban J connectivity index is -0.000000670. The number of carboxylic acids is 2. The predicted octanol–water partition coefficient (Wildman–Crippen LogP) is 13.1. The van der Waals surface area contributed by atoms with E-state index in [0.29, 0.717) is 0 Å². The molecule has 0 aliphatic carbocycles. The van der Waals surface area contributed by atoms with Gasteiger partial charge in [0.25, 0.3) is 0 Å². The van der Waals surface area contributed by atoms with Gasteiger partial charge in [-0.05, 0) is 25.7 Å². The number of hydrogen-bond donors (Lipinski definition) is 0. The van der Waals surface area contributed by atoms with Gasteiger partial charge in [0.2, 0.25) is 0 Å². The average molecular weight is 800 g/mol. The van der Waals surface area contributed by atoms with Gasteiger partial charge in [-0.25, -0.2) is 0 Å². The maximum absolute atomic E-state index is 10.1. The summed E-state index contributed by atoms with van der Waals surface area (Å²) in [5.41, 5.74) is 0. The topological polar surface area (TPSA) is 80.3 Å². The molecule has 0 heterocycles. The first-order valence-corrected chi connectivity index (χ1v) is 26.1. The number of aliphatic carboxylic acids is 2. The first-order valence-electron chi connectivity index (χ1n) is 22.1. The van der Waals surface area contributed by atoms with E-state index in [1.165, 1.54) is 180 Å². The van der Waals surface area contributed by atoms with Crippen LogP contribution in [0.25, 0.3) is 0 Å². The van der Waals surface area contributed by atoms with Crippen molar-refractivity contribution >= 4 is 33.1 Å². The summed E-state index contributed by atoms with van der Waals surface area (Å²) in [5, 5.41) is 20.2. The van der Waals surface area contributed by atoms with Crippen molar-refractivity contribution in [1.29, 1.82) is 0 Å². The van der Waals surface area contributed by atoms with E-state index in [0.717, 1.165) is 25.7 Å². The van der Waals surface area contributed by atoms with Crippen LogP contribution in [0.1, 0.15) is 259 Å². The van der Waals surface area contributed by atoms with E-state index in [1.807, 2.05) is 0 Å². The van der Waals surface area contributed by atoms with Crippen LogP contribution in [-0.2, 0) is 9.59 Å². The number of carboxylic acid groups (broad SMARTS) is 2. The Labute approximate surface area is 319 Å². The fraction of sp³-hybridized carbons (Fsp3) is 0.955. The maximum atomic E-state index is 10.1. The first-order chi connectivity index (χ1) is 24.0. The third kappa shape index (κ3) is 63.2. The van der Waals surface area contributed by atoms with Crippen molar-refractivity contribution in [2.45, 2.75) is 268 Å². The Morgan fingerprint density at radius 2 is 0.490 bits per heavy atom. The molecule has 0 atom stereocenters. The number of rotatable bonds is 38. The van der Waals surface area contributed by atoms with Crippen LogP contribution in [0.15, 0.2) is 0 Å². The van der Waals surface area contributed by atoms with Gasteiger partial charge in [-0.1, -0.05) is 117 Å². The molecular formula is C44H88O4Sn. The average Bonchev–Trinajstić information content (AvgIpc) is 3.08. The van der Waals surface area contributed by atoms with Crippen molar-refractivity contribution < 1.29 is 19.8 Å².